The van der Waals surface area contributed by atoms with Gasteiger partial charge in [-0.15, -0.1) is 0 Å². The molecule has 1 heterocycles. The van der Waals surface area contributed by atoms with Crippen LogP contribution >= 0.6 is 0 Å². The first kappa shape index (κ1) is 19.8. The van der Waals surface area contributed by atoms with E-state index in [9.17, 15) is 13.2 Å². The summed E-state index contributed by atoms with van der Waals surface area (Å²) in [5.41, 5.74) is 0.332. The maximum atomic E-state index is 12.9. The van der Waals surface area contributed by atoms with E-state index in [-0.39, 0.29) is 29.1 Å². The summed E-state index contributed by atoms with van der Waals surface area (Å²) in [5.74, 6) is -0.289. The highest BCUT2D eigenvalue weighted by molar-refractivity contribution is 7.89. The van der Waals surface area contributed by atoms with Crippen molar-refractivity contribution in [1.82, 2.24) is 14.9 Å². The number of nitrogens with zero attached hydrogens (tertiary/aromatic N) is 1. The van der Waals surface area contributed by atoms with E-state index in [1.807, 2.05) is 27.8 Å². The average Bonchev–Trinajstić information content (AvgIpc) is 2.58. The van der Waals surface area contributed by atoms with Crippen LogP contribution in [0.4, 0.5) is 0 Å². The summed E-state index contributed by atoms with van der Waals surface area (Å²) in [6.45, 7) is 6.73. The average molecular weight is 369 g/mol. The Bertz CT molecular complexity index is 698. The number of likely N-dealkylation sites (N-methyl/N-ethyl adjacent to an activating group) is 1. The highest BCUT2D eigenvalue weighted by Crippen LogP contribution is 2.21. The molecule has 25 heavy (non-hydrogen) atoms. The third-order valence-electron chi connectivity index (χ3n) is 4.18. The van der Waals surface area contributed by atoms with Crippen LogP contribution in [0.3, 0.4) is 0 Å². The summed E-state index contributed by atoms with van der Waals surface area (Å²) in [5, 5.41) is 5.82. The predicted octanol–water partition coefficient (Wildman–Crippen LogP) is 0.822. The molecular weight excluding hydrogens is 342 g/mol. The number of ether oxygens (including phenoxy) is 1. The van der Waals surface area contributed by atoms with Gasteiger partial charge in [-0.3, -0.25) is 4.79 Å². The van der Waals surface area contributed by atoms with Gasteiger partial charge < -0.3 is 15.4 Å². The van der Waals surface area contributed by atoms with E-state index in [1.165, 1.54) is 16.4 Å². The lowest BCUT2D eigenvalue weighted by atomic mass is 10.2. The highest BCUT2D eigenvalue weighted by Gasteiger charge is 2.32. The van der Waals surface area contributed by atoms with E-state index >= 15 is 0 Å². The Hall–Kier alpha value is -1.48. The molecule has 0 aromatic heterocycles. The van der Waals surface area contributed by atoms with Crippen molar-refractivity contribution in [2.75, 3.05) is 26.7 Å². The van der Waals surface area contributed by atoms with Gasteiger partial charge in [0, 0.05) is 31.2 Å². The number of carbonyl (C=O) groups is 1. The Labute approximate surface area is 149 Å². The van der Waals surface area contributed by atoms with Crippen molar-refractivity contribution in [2.45, 2.75) is 43.9 Å². The normalized spacial score (nSPS) is 23.2. The summed E-state index contributed by atoms with van der Waals surface area (Å²) in [6, 6.07) is 6.29. The van der Waals surface area contributed by atoms with Gasteiger partial charge >= 0.3 is 0 Å². The lowest BCUT2D eigenvalue weighted by Crippen LogP contribution is -2.48. The van der Waals surface area contributed by atoms with Crippen molar-refractivity contribution < 1.29 is 17.9 Å². The Morgan fingerprint density at radius 2 is 1.96 bits per heavy atom. The molecular formula is C17H27N3O4S. The zero-order valence-corrected chi connectivity index (χ0v) is 16.0. The lowest BCUT2D eigenvalue weighted by Gasteiger charge is -2.34. The van der Waals surface area contributed by atoms with Crippen LogP contribution in [-0.4, -0.2) is 63.6 Å². The minimum absolute atomic E-state index is 0.128. The minimum atomic E-state index is -3.66. The maximum Gasteiger partial charge on any atom is 0.251 e. The van der Waals surface area contributed by atoms with Gasteiger partial charge in [0.05, 0.1) is 17.1 Å². The minimum Gasteiger partial charge on any atom is -0.373 e. The first-order valence-corrected chi connectivity index (χ1v) is 9.89. The van der Waals surface area contributed by atoms with Gasteiger partial charge in [-0.25, -0.2) is 8.42 Å². The van der Waals surface area contributed by atoms with Gasteiger partial charge in [-0.2, -0.15) is 4.31 Å². The summed E-state index contributed by atoms with van der Waals surface area (Å²) in [4.78, 5) is 12.4. The Kier molecular flexibility index (Phi) is 6.56. The number of morpholine rings is 1. The fourth-order valence-corrected chi connectivity index (χ4v) is 4.36. The van der Waals surface area contributed by atoms with Crippen molar-refractivity contribution in [3.63, 3.8) is 0 Å². The summed E-state index contributed by atoms with van der Waals surface area (Å²) in [6.07, 6.45) is -0.318. The number of nitrogens with one attached hydrogen (secondary N) is 2. The van der Waals surface area contributed by atoms with Crippen LogP contribution in [0.5, 0.6) is 0 Å². The number of amides is 1. The van der Waals surface area contributed by atoms with Crippen molar-refractivity contribution >= 4 is 15.9 Å². The molecule has 0 saturated carbocycles. The zero-order chi connectivity index (χ0) is 18.6. The number of benzene rings is 1. The lowest BCUT2D eigenvalue weighted by molar-refractivity contribution is -0.0440. The molecule has 1 aliphatic heterocycles. The second-order valence-corrected chi connectivity index (χ2v) is 8.44. The number of hydrogen-bond acceptors (Lipinski definition) is 5. The predicted molar refractivity (Wildman–Crippen MR) is 96.1 cm³/mol. The molecule has 1 aliphatic rings. The van der Waals surface area contributed by atoms with Crippen LogP contribution in [0.1, 0.15) is 31.1 Å². The third kappa shape index (κ3) is 5.01. The molecule has 0 radical (unpaired) electrons. The van der Waals surface area contributed by atoms with Gasteiger partial charge in [-0.1, -0.05) is 6.07 Å². The third-order valence-corrected chi connectivity index (χ3v) is 6.01. The topological polar surface area (TPSA) is 87.7 Å². The monoisotopic (exact) mass is 369 g/mol. The Morgan fingerprint density at radius 3 is 2.56 bits per heavy atom. The summed E-state index contributed by atoms with van der Waals surface area (Å²) < 4.78 is 32.8. The number of hydrogen-bond donors (Lipinski definition) is 2. The molecule has 2 rings (SSSR count). The van der Waals surface area contributed by atoms with Crippen LogP contribution in [0.2, 0.25) is 0 Å². The van der Waals surface area contributed by atoms with Crippen LogP contribution in [-0.2, 0) is 14.8 Å². The van der Waals surface area contributed by atoms with Crippen molar-refractivity contribution in [3.05, 3.63) is 29.8 Å². The maximum absolute atomic E-state index is 12.9. The number of carbonyl (C=O) groups excluding carboxylic acids is 1. The molecule has 140 valence electrons. The Balaban J connectivity index is 2.18. The van der Waals surface area contributed by atoms with Gasteiger partial charge in [-0.05, 0) is 46.0 Å². The molecule has 1 aromatic carbocycles. The molecule has 0 aliphatic carbocycles. The van der Waals surface area contributed by atoms with E-state index in [0.717, 1.165) is 0 Å². The zero-order valence-electron chi connectivity index (χ0n) is 15.2. The molecule has 3 atom stereocenters. The van der Waals surface area contributed by atoms with E-state index in [4.69, 9.17) is 4.74 Å². The van der Waals surface area contributed by atoms with E-state index < -0.39 is 10.0 Å². The van der Waals surface area contributed by atoms with Gasteiger partial charge in [0.1, 0.15) is 0 Å². The molecule has 3 unspecified atom stereocenters. The second kappa shape index (κ2) is 8.27. The second-order valence-electron chi connectivity index (χ2n) is 6.51. The summed E-state index contributed by atoms with van der Waals surface area (Å²) in [7, 11) is -1.85. The fraction of sp³-hybridized carbons (Fsp3) is 0.588. The van der Waals surface area contributed by atoms with Gasteiger partial charge in [0.15, 0.2) is 0 Å². The highest BCUT2D eigenvalue weighted by atomic mass is 32.2. The van der Waals surface area contributed by atoms with Gasteiger partial charge in [0.25, 0.3) is 5.91 Å². The van der Waals surface area contributed by atoms with Crippen molar-refractivity contribution in [1.29, 1.82) is 0 Å². The molecule has 1 aromatic rings. The quantitative estimate of drug-likeness (QED) is 0.775. The SMILES string of the molecule is CNC(C)CNC(=O)c1cccc(S(=O)(=O)N2CC(C)OC(C)C2)c1. The molecule has 7 nitrogen and oxygen atoms in total. The van der Waals surface area contributed by atoms with E-state index in [0.29, 0.717) is 25.2 Å². The van der Waals surface area contributed by atoms with Crippen molar-refractivity contribution in [2.24, 2.45) is 0 Å². The van der Waals surface area contributed by atoms with Crippen LogP contribution in [0.25, 0.3) is 0 Å². The molecule has 0 spiro atoms. The van der Waals surface area contributed by atoms with Crippen molar-refractivity contribution in [3.8, 4) is 0 Å². The van der Waals surface area contributed by atoms with E-state index in [1.54, 1.807) is 12.1 Å². The largest absolute Gasteiger partial charge is 0.373 e. The summed E-state index contributed by atoms with van der Waals surface area (Å²) >= 11 is 0. The molecule has 1 saturated heterocycles. The smallest absolute Gasteiger partial charge is 0.251 e. The molecule has 1 amide bonds. The number of rotatable bonds is 6. The molecule has 1 fully saturated rings. The first-order valence-electron chi connectivity index (χ1n) is 8.45. The van der Waals surface area contributed by atoms with Crippen LogP contribution in [0, 0.1) is 0 Å². The fourth-order valence-electron chi connectivity index (χ4n) is 2.72. The van der Waals surface area contributed by atoms with Crippen LogP contribution < -0.4 is 10.6 Å². The molecule has 0 bridgehead atoms. The van der Waals surface area contributed by atoms with E-state index in [2.05, 4.69) is 10.6 Å². The van der Waals surface area contributed by atoms with Gasteiger partial charge in [0.2, 0.25) is 10.0 Å². The van der Waals surface area contributed by atoms with Crippen LogP contribution in [0.15, 0.2) is 29.2 Å². The molecule has 2 N–H and O–H groups in total. The molecule has 8 heteroatoms. The number of sulfonamides is 1. The first-order chi connectivity index (χ1) is 11.7. The Morgan fingerprint density at radius 1 is 1.32 bits per heavy atom. The standard InChI is InChI=1S/C17H27N3O4S/c1-12(18-4)9-19-17(21)15-6-5-7-16(8-15)25(22,23)20-10-13(2)24-14(3)11-20/h5-8,12-14,18H,9-11H2,1-4H3,(H,19,21).